The van der Waals surface area contributed by atoms with Gasteiger partial charge in [0.15, 0.2) is 5.65 Å². The summed E-state index contributed by atoms with van der Waals surface area (Å²) in [5.41, 5.74) is 3.23. The molecular weight excluding hydrogens is 490 g/mol. The van der Waals surface area contributed by atoms with Crippen LogP contribution >= 0.6 is 11.6 Å². The standard InChI is InChI=1S/C26H22ClN9O/c1-34-24-13-18(16-7-9-28-21(11-16)31-22-8-10-30-35(22)2)12-23-32-33-26(36(23)24)17(14-25(34)37)3-5-20-6-4-19(27)15-29-20/h3-13,15,17H,14H2,1-2H3,(H,28,31)/b5-3+/t17-/m1/s1. The maximum absolute atomic E-state index is 13.2. The zero-order chi connectivity index (χ0) is 25.5. The minimum atomic E-state index is -0.259. The van der Waals surface area contributed by atoms with Crippen molar-refractivity contribution in [1.82, 2.24) is 34.3 Å². The molecular formula is C26H22ClN9O. The third-order valence-electron chi connectivity index (χ3n) is 6.38. The number of hydrogen-bond acceptors (Lipinski definition) is 7. The zero-order valence-electron chi connectivity index (χ0n) is 20.1. The summed E-state index contributed by atoms with van der Waals surface area (Å²) in [6.07, 6.45) is 9.14. The molecule has 0 saturated heterocycles. The average molecular weight is 512 g/mol. The van der Waals surface area contributed by atoms with E-state index in [1.165, 1.54) is 0 Å². The monoisotopic (exact) mass is 511 g/mol. The third-order valence-corrected chi connectivity index (χ3v) is 6.60. The van der Waals surface area contributed by atoms with Gasteiger partial charge in [0.05, 0.1) is 16.9 Å². The summed E-state index contributed by atoms with van der Waals surface area (Å²) < 4.78 is 3.68. The fourth-order valence-electron chi connectivity index (χ4n) is 4.38. The number of hydrogen-bond donors (Lipinski definition) is 1. The number of aromatic nitrogens is 7. The molecule has 0 fully saturated rings. The van der Waals surface area contributed by atoms with Crippen LogP contribution in [0.1, 0.15) is 23.9 Å². The van der Waals surface area contributed by atoms with E-state index in [4.69, 9.17) is 11.6 Å². The Balaban J connectivity index is 1.39. The second-order valence-corrected chi connectivity index (χ2v) is 9.21. The van der Waals surface area contributed by atoms with Crippen LogP contribution in [0.4, 0.5) is 17.5 Å². The molecule has 0 aromatic carbocycles. The first kappa shape index (κ1) is 22.9. The Labute approximate surface area is 217 Å². The van der Waals surface area contributed by atoms with Crippen molar-refractivity contribution in [2.45, 2.75) is 12.3 Å². The number of allylic oxidation sites excluding steroid dienone is 1. The molecule has 0 radical (unpaired) electrons. The van der Waals surface area contributed by atoms with E-state index in [0.717, 1.165) is 22.6 Å². The number of rotatable bonds is 5. The van der Waals surface area contributed by atoms with Crippen molar-refractivity contribution in [1.29, 1.82) is 0 Å². The van der Waals surface area contributed by atoms with Gasteiger partial charge in [-0.05, 0) is 53.6 Å². The molecule has 6 heterocycles. The number of nitrogens with one attached hydrogen (secondary N) is 1. The number of halogens is 1. The highest BCUT2D eigenvalue weighted by atomic mass is 35.5. The molecule has 0 saturated carbocycles. The molecule has 1 amide bonds. The minimum absolute atomic E-state index is 0.0176. The first-order valence-corrected chi connectivity index (χ1v) is 12.0. The number of amides is 1. The number of carbonyl (C=O) groups is 1. The summed E-state index contributed by atoms with van der Waals surface area (Å²) in [5.74, 6) is 2.64. The highest BCUT2D eigenvalue weighted by Crippen LogP contribution is 2.34. The Morgan fingerprint density at radius 3 is 2.70 bits per heavy atom. The molecule has 1 atom stereocenters. The van der Waals surface area contributed by atoms with Gasteiger partial charge in [-0.1, -0.05) is 17.7 Å². The Bertz CT molecular complexity index is 1650. The van der Waals surface area contributed by atoms with Gasteiger partial charge in [0.1, 0.15) is 23.3 Å². The molecule has 184 valence electrons. The lowest BCUT2D eigenvalue weighted by molar-refractivity contribution is -0.118. The van der Waals surface area contributed by atoms with Gasteiger partial charge in [-0.2, -0.15) is 5.10 Å². The Hall–Kier alpha value is -4.57. The van der Waals surface area contributed by atoms with Gasteiger partial charge in [0.2, 0.25) is 5.91 Å². The van der Waals surface area contributed by atoms with E-state index in [0.29, 0.717) is 28.1 Å². The number of pyridine rings is 3. The lowest BCUT2D eigenvalue weighted by atomic mass is 10.0. The molecule has 1 aliphatic heterocycles. The maximum Gasteiger partial charge on any atom is 0.228 e. The van der Waals surface area contributed by atoms with Crippen LogP contribution in [0.15, 0.2) is 67.1 Å². The van der Waals surface area contributed by atoms with Crippen molar-refractivity contribution < 1.29 is 4.79 Å². The fourth-order valence-corrected chi connectivity index (χ4v) is 4.49. The van der Waals surface area contributed by atoms with Crippen molar-refractivity contribution in [2.75, 3.05) is 17.3 Å². The molecule has 10 nitrogen and oxygen atoms in total. The van der Waals surface area contributed by atoms with Crippen LogP contribution < -0.4 is 10.2 Å². The summed E-state index contributed by atoms with van der Waals surface area (Å²) in [4.78, 5) is 23.6. The predicted octanol–water partition coefficient (Wildman–Crippen LogP) is 4.48. The Kier molecular flexibility index (Phi) is 5.65. The third kappa shape index (κ3) is 4.31. The van der Waals surface area contributed by atoms with Gasteiger partial charge in [0.25, 0.3) is 0 Å². The van der Waals surface area contributed by atoms with Gasteiger partial charge in [-0.15, -0.1) is 10.2 Å². The van der Waals surface area contributed by atoms with Gasteiger partial charge in [-0.3, -0.25) is 18.9 Å². The summed E-state index contributed by atoms with van der Waals surface area (Å²) >= 11 is 5.95. The first-order chi connectivity index (χ1) is 18.0. The Morgan fingerprint density at radius 2 is 1.92 bits per heavy atom. The maximum atomic E-state index is 13.2. The van der Waals surface area contributed by atoms with E-state index < -0.39 is 0 Å². The molecule has 11 heteroatoms. The van der Waals surface area contributed by atoms with Crippen LogP contribution in [-0.4, -0.2) is 47.3 Å². The SMILES string of the molecule is CN1C(=O)C[C@@H](/C=C/c2ccc(Cl)cn2)c2nnc3cc(-c4ccnc(Nc5ccnn5C)c4)cc1n23. The zero-order valence-corrected chi connectivity index (χ0v) is 20.8. The van der Waals surface area contributed by atoms with Gasteiger partial charge in [-0.25, -0.2) is 4.98 Å². The summed E-state index contributed by atoms with van der Waals surface area (Å²) in [6, 6.07) is 13.3. The largest absolute Gasteiger partial charge is 0.325 e. The minimum Gasteiger partial charge on any atom is -0.325 e. The highest BCUT2D eigenvalue weighted by molar-refractivity contribution is 6.30. The number of anilines is 3. The van der Waals surface area contributed by atoms with E-state index in [-0.39, 0.29) is 18.2 Å². The molecule has 5 aromatic rings. The molecule has 0 unspecified atom stereocenters. The van der Waals surface area contributed by atoms with E-state index in [9.17, 15) is 4.79 Å². The smallest absolute Gasteiger partial charge is 0.228 e. The van der Waals surface area contributed by atoms with Gasteiger partial charge >= 0.3 is 0 Å². The average Bonchev–Trinajstić information content (AvgIpc) is 3.50. The summed E-state index contributed by atoms with van der Waals surface area (Å²) in [5, 5.41) is 17.0. The number of nitrogens with zero attached hydrogens (tertiary/aromatic N) is 8. The van der Waals surface area contributed by atoms with Crippen molar-refractivity contribution in [3.8, 4) is 11.1 Å². The van der Waals surface area contributed by atoms with E-state index >= 15 is 0 Å². The van der Waals surface area contributed by atoms with Crippen molar-refractivity contribution >= 4 is 46.7 Å². The fraction of sp³-hybridized carbons (Fsp3) is 0.154. The number of aryl methyl sites for hydroxylation is 1. The highest BCUT2D eigenvalue weighted by Gasteiger charge is 2.29. The molecule has 1 aliphatic rings. The molecule has 37 heavy (non-hydrogen) atoms. The lowest BCUT2D eigenvalue weighted by Crippen LogP contribution is -2.26. The molecule has 0 bridgehead atoms. The van der Waals surface area contributed by atoms with Crippen LogP contribution in [-0.2, 0) is 11.8 Å². The molecule has 5 aromatic heterocycles. The second-order valence-electron chi connectivity index (χ2n) is 8.77. The van der Waals surface area contributed by atoms with Crippen molar-refractivity contribution in [3.05, 3.63) is 83.7 Å². The van der Waals surface area contributed by atoms with Crippen LogP contribution in [0, 0.1) is 0 Å². The van der Waals surface area contributed by atoms with E-state index in [1.54, 1.807) is 41.3 Å². The quantitative estimate of drug-likeness (QED) is 0.371. The van der Waals surface area contributed by atoms with Crippen molar-refractivity contribution in [3.63, 3.8) is 0 Å². The Morgan fingerprint density at radius 1 is 1.03 bits per heavy atom. The van der Waals surface area contributed by atoms with Crippen LogP contribution in [0.25, 0.3) is 22.9 Å². The normalized spacial score (nSPS) is 15.5. The van der Waals surface area contributed by atoms with Crippen LogP contribution in [0.2, 0.25) is 5.02 Å². The predicted molar refractivity (Wildman–Crippen MR) is 142 cm³/mol. The van der Waals surface area contributed by atoms with Gasteiger partial charge < -0.3 is 10.2 Å². The topological polar surface area (TPSA) is 106 Å². The second kappa shape index (κ2) is 9.14. The van der Waals surface area contributed by atoms with Crippen LogP contribution in [0.3, 0.4) is 0 Å². The number of carbonyl (C=O) groups excluding carboxylic acids is 1. The summed E-state index contributed by atoms with van der Waals surface area (Å²) in [6.45, 7) is 0. The lowest BCUT2D eigenvalue weighted by Gasteiger charge is -2.18. The van der Waals surface area contributed by atoms with Crippen LogP contribution in [0.5, 0.6) is 0 Å². The molecule has 0 aliphatic carbocycles. The molecule has 1 N–H and O–H groups in total. The van der Waals surface area contributed by atoms with Gasteiger partial charge in [0, 0.05) is 44.9 Å². The van der Waals surface area contributed by atoms with E-state index in [2.05, 4.69) is 30.6 Å². The van der Waals surface area contributed by atoms with E-state index in [1.807, 2.05) is 60.0 Å². The first-order valence-electron chi connectivity index (χ1n) is 11.6. The van der Waals surface area contributed by atoms with Crippen molar-refractivity contribution in [2.24, 2.45) is 7.05 Å². The summed E-state index contributed by atoms with van der Waals surface area (Å²) in [7, 11) is 3.64. The molecule has 0 spiro atoms. The molecule has 6 rings (SSSR count).